The Morgan fingerprint density at radius 3 is 2.06 bits per heavy atom. The molecule has 0 saturated carbocycles. The second-order valence-corrected chi connectivity index (χ2v) is 3.17. The number of ketones is 1. The molecule has 0 aromatic heterocycles. The topological polar surface area (TPSA) is 161 Å². The van der Waals surface area contributed by atoms with E-state index < -0.39 is 42.8 Å². The Labute approximate surface area is 90.9 Å². The van der Waals surface area contributed by atoms with Gasteiger partial charge >= 0.3 is 0 Å². The van der Waals surface area contributed by atoms with Crippen molar-refractivity contribution in [2.45, 2.75) is 30.5 Å². The lowest BCUT2D eigenvalue weighted by Gasteiger charge is -2.25. The van der Waals surface area contributed by atoms with Crippen LogP contribution in [0.4, 0.5) is 0 Å². The maximum Gasteiger partial charge on any atom is 0.224 e. The minimum Gasteiger partial charge on any atom is -0.394 e. The Bertz CT molecular complexity index is 247. The molecule has 0 spiro atoms. The highest BCUT2D eigenvalue weighted by Gasteiger charge is 2.36. The number of carbonyl (C=O) groups is 1. The quantitative estimate of drug-likeness (QED) is 0.241. The molecule has 0 saturated heterocycles. The Balaban J connectivity index is 4.54. The molecule has 0 aliphatic heterocycles. The summed E-state index contributed by atoms with van der Waals surface area (Å²) < 4.78 is 0. The summed E-state index contributed by atoms with van der Waals surface area (Å²) in [5, 5.41) is 45.0. The van der Waals surface area contributed by atoms with Gasteiger partial charge in [-0.2, -0.15) is 0 Å². The summed E-state index contributed by atoms with van der Waals surface area (Å²) in [5.74, 6) is -1.24. The summed E-state index contributed by atoms with van der Waals surface area (Å²) in [5.41, 5.74) is 4.93. The zero-order chi connectivity index (χ0) is 12.9. The van der Waals surface area contributed by atoms with Gasteiger partial charge in [0.05, 0.1) is 6.61 Å². The summed E-state index contributed by atoms with van der Waals surface area (Å²) in [6.45, 7) is -0.870. The molecule has 1 unspecified atom stereocenters. The van der Waals surface area contributed by atoms with Crippen molar-refractivity contribution >= 4 is 12.1 Å². The van der Waals surface area contributed by atoms with Crippen LogP contribution in [0, 0.1) is 0 Å². The third-order valence-corrected chi connectivity index (χ3v) is 1.98. The molecule has 7 N–H and O–H groups in total. The van der Waals surface area contributed by atoms with E-state index in [1.807, 2.05) is 0 Å². The molecular formula is C8H14NO7. The molecule has 8 nitrogen and oxygen atoms in total. The lowest BCUT2D eigenvalue weighted by molar-refractivity contribution is -0.146. The molecule has 0 aliphatic rings. The van der Waals surface area contributed by atoms with Gasteiger partial charge in [0, 0.05) is 0 Å². The van der Waals surface area contributed by atoms with Gasteiger partial charge < -0.3 is 31.3 Å². The molecule has 0 amide bonds. The van der Waals surface area contributed by atoms with Crippen LogP contribution in [0.2, 0.25) is 0 Å². The number of hydrogen-bond acceptors (Lipinski definition) is 8. The summed E-state index contributed by atoms with van der Waals surface area (Å²) in [4.78, 5) is 21.1. The maximum absolute atomic E-state index is 11.1. The van der Waals surface area contributed by atoms with E-state index in [2.05, 4.69) is 0 Å². The van der Waals surface area contributed by atoms with Gasteiger partial charge in [-0.3, -0.25) is 9.59 Å². The molecule has 0 rings (SSSR count). The predicted octanol–water partition coefficient (Wildman–Crippen LogP) is -4.57. The second kappa shape index (κ2) is 6.63. The van der Waals surface area contributed by atoms with E-state index >= 15 is 0 Å². The highest BCUT2D eigenvalue weighted by molar-refractivity contribution is 6.00. The van der Waals surface area contributed by atoms with Crippen LogP contribution in [-0.2, 0) is 9.59 Å². The lowest BCUT2D eigenvalue weighted by atomic mass is 9.97. The van der Waals surface area contributed by atoms with Gasteiger partial charge in [0.15, 0.2) is 5.78 Å². The van der Waals surface area contributed by atoms with Crippen LogP contribution in [0.1, 0.15) is 0 Å². The SMILES string of the molecule is NC([C]=O)C(=O)[C@H](O)[C@@H](O)[C@H](O)[C@H](O)CO. The second-order valence-electron chi connectivity index (χ2n) is 3.17. The van der Waals surface area contributed by atoms with Crippen LogP contribution in [0.15, 0.2) is 0 Å². The smallest absolute Gasteiger partial charge is 0.224 e. The highest BCUT2D eigenvalue weighted by Crippen LogP contribution is 2.06. The molecule has 5 atom stereocenters. The van der Waals surface area contributed by atoms with E-state index in [0.717, 1.165) is 6.29 Å². The molecule has 0 fully saturated rings. The zero-order valence-corrected chi connectivity index (χ0v) is 8.22. The number of carbonyl (C=O) groups excluding carboxylic acids is 2. The Morgan fingerprint density at radius 2 is 1.69 bits per heavy atom. The fourth-order valence-corrected chi connectivity index (χ4v) is 0.933. The van der Waals surface area contributed by atoms with Crippen molar-refractivity contribution in [3.63, 3.8) is 0 Å². The predicted molar refractivity (Wildman–Crippen MR) is 49.8 cm³/mol. The molecule has 0 bridgehead atoms. The van der Waals surface area contributed by atoms with Crippen LogP contribution in [0.3, 0.4) is 0 Å². The highest BCUT2D eigenvalue weighted by atomic mass is 16.4. The van der Waals surface area contributed by atoms with Crippen molar-refractivity contribution < 1.29 is 35.1 Å². The van der Waals surface area contributed by atoms with E-state index in [0.29, 0.717) is 0 Å². The lowest BCUT2D eigenvalue weighted by Crippen LogP contribution is -2.52. The first-order valence-electron chi connectivity index (χ1n) is 4.36. The number of aliphatic hydroxyl groups excluding tert-OH is 5. The summed E-state index contributed by atoms with van der Waals surface area (Å²) in [6, 6.07) is -1.75. The van der Waals surface area contributed by atoms with Gasteiger partial charge in [0.25, 0.3) is 0 Å². The van der Waals surface area contributed by atoms with E-state index in [1.54, 1.807) is 0 Å². The normalized spacial score (nSPS) is 20.6. The first-order chi connectivity index (χ1) is 7.36. The molecule has 8 heteroatoms. The number of hydrogen-bond donors (Lipinski definition) is 6. The molecule has 0 aliphatic carbocycles. The molecule has 16 heavy (non-hydrogen) atoms. The van der Waals surface area contributed by atoms with Gasteiger partial charge in [-0.15, -0.1) is 0 Å². The van der Waals surface area contributed by atoms with Gasteiger partial charge in [-0.25, -0.2) is 0 Å². The molecule has 93 valence electrons. The van der Waals surface area contributed by atoms with Crippen LogP contribution in [0.5, 0.6) is 0 Å². The van der Waals surface area contributed by atoms with E-state index in [-0.39, 0.29) is 0 Å². The van der Waals surface area contributed by atoms with Gasteiger partial charge in [0.2, 0.25) is 6.29 Å². The zero-order valence-electron chi connectivity index (χ0n) is 8.22. The van der Waals surface area contributed by atoms with Crippen molar-refractivity contribution in [3.05, 3.63) is 0 Å². The molecule has 1 radical (unpaired) electrons. The van der Waals surface area contributed by atoms with Crippen LogP contribution >= 0.6 is 0 Å². The van der Waals surface area contributed by atoms with E-state index in [9.17, 15) is 19.8 Å². The minimum absolute atomic E-state index is 0.870. The van der Waals surface area contributed by atoms with Crippen molar-refractivity contribution in [1.82, 2.24) is 0 Å². The minimum atomic E-state index is -2.15. The number of Topliss-reactive ketones (excluding diaryl/α,β-unsaturated/α-hetero) is 1. The number of aliphatic hydroxyl groups is 5. The Kier molecular flexibility index (Phi) is 6.26. The van der Waals surface area contributed by atoms with Crippen molar-refractivity contribution in [1.29, 1.82) is 0 Å². The third kappa shape index (κ3) is 3.59. The summed E-state index contributed by atoms with van der Waals surface area (Å²) in [7, 11) is 0. The maximum atomic E-state index is 11.1. The largest absolute Gasteiger partial charge is 0.394 e. The average molecular weight is 236 g/mol. The monoisotopic (exact) mass is 236 g/mol. The van der Waals surface area contributed by atoms with Crippen molar-refractivity contribution in [2.24, 2.45) is 5.73 Å². The van der Waals surface area contributed by atoms with Gasteiger partial charge in [0.1, 0.15) is 30.5 Å². The molecule has 0 heterocycles. The summed E-state index contributed by atoms with van der Waals surface area (Å²) in [6.07, 6.45) is -6.78. The fourth-order valence-electron chi connectivity index (χ4n) is 0.933. The molecule has 0 aromatic rings. The average Bonchev–Trinajstić information content (AvgIpc) is 2.32. The van der Waals surface area contributed by atoms with Gasteiger partial charge in [-0.05, 0) is 0 Å². The van der Waals surface area contributed by atoms with E-state index in [4.69, 9.17) is 21.1 Å². The first kappa shape index (κ1) is 15.1. The van der Waals surface area contributed by atoms with E-state index in [1.165, 1.54) is 0 Å². The summed E-state index contributed by atoms with van der Waals surface area (Å²) >= 11 is 0. The Morgan fingerprint density at radius 1 is 1.19 bits per heavy atom. The van der Waals surface area contributed by atoms with Crippen LogP contribution in [0.25, 0.3) is 0 Å². The van der Waals surface area contributed by atoms with Crippen molar-refractivity contribution in [3.8, 4) is 0 Å². The Hall–Kier alpha value is -0.900. The van der Waals surface area contributed by atoms with Crippen molar-refractivity contribution in [2.75, 3.05) is 6.61 Å². The first-order valence-corrected chi connectivity index (χ1v) is 4.36. The molecule has 0 aromatic carbocycles. The number of rotatable bonds is 7. The molecular weight excluding hydrogens is 222 g/mol. The van der Waals surface area contributed by atoms with Crippen LogP contribution in [-0.4, -0.2) is 74.7 Å². The van der Waals surface area contributed by atoms with Crippen LogP contribution < -0.4 is 5.73 Å². The standard InChI is InChI=1S/C8H14NO7/c9-3(1-10)5(13)7(15)8(16)6(14)4(12)2-11/h3-4,6-8,11-12,14-16H,2,9H2/t3?,4-,6-,7+,8+/m1/s1. The third-order valence-electron chi connectivity index (χ3n) is 1.98. The number of nitrogens with two attached hydrogens (primary N) is 1. The fraction of sp³-hybridized carbons (Fsp3) is 0.750. The van der Waals surface area contributed by atoms with Gasteiger partial charge in [-0.1, -0.05) is 0 Å².